The molecule has 0 saturated carbocycles. The number of thiophene rings is 1. The molecule has 3 aromatic heterocycles. The number of hydrogen-bond donors (Lipinski definition) is 1. The molecule has 0 bridgehead atoms. The van der Waals surface area contributed by atoms with E-state index in [0.717, 1.165) is 21.1 Å². The highest BCUT2D eigenvalue weighted by molar-refractivity contribution is 7.94. The number of nitrogens with zero attached hydrogens (tertiary/aromatic N) is 2. The first-order chi connectivity index (χ1) is 11.5. The van der Waals surface area contributed by atoms with Crippen molar-refractivity contribution < 1.29 is 8.42 Å². The summed E-state index contributed by atoms with van der Waals surface area (Å²) in [6.07, 6.45) is 3.92. The van der Waals surface area contributed by atoms with Gasteiger partial charge in [0, 0.05) is 33.9 Å². The van der Waals surface area contributed by atoms with E-state index in [9.17, 15) is 8.42 Å². The van der Waals surface area contributed by atoms with Gasteiger partial charge in [0.05, 0.1) is 5.69 Å². The van der Waals surface area contributed by atoms with Crippen LogP contribution >= 0.6 is 22.7 Å². The quantitative estimate of drug-likeness (QED) is 0.580. The summed E-state index contributed by atoms with van der Waals surface area (Å²) in [7, 11) is -3.53. The average Bonchev–Trinajstić information content (AvgIpc) is 3.23. The van der Waals surface area contributed by atoms with Crippen LogP contribution in [0.1, 0.15) is 4.88 Å². The summed E-state index contributed by atoms with van der Waals surface area (Å²) in [5.41, 5.74) is 2.34. The van der Waals surface area contributed by atoms with Crippen LogP contribution in [0.2, 0.25) is 0 Å². The van der Waals surface area contributed by atoms with Crippen molar-refractivity contribution in [2.24, 2.45) is 0 Å². The lowest BCUT2D eigenvalue weighted by Gasteiger charge is -2.06. The van der Waals surface area contributed by atoms with Gasteiger partial charge >= 0.3 is 0 Å². The predicted octanol–water partition coefficient (Wildman–Crippen LogP) is 4.23. The van der Waals surface area contributed by atoms with Crippen molar-refractivity contribution in [1.82, 2.24) is 9.38 Å². The van der Waals surface area contributed by atoms with Crippen LogP contribution < -0.4 is 4.72 Å². The molecule has 0 amide bonds. The molecule has 0 aliphatic carbocycles. The fourth-order valence-corrected chi connectivity index (χ4v) is 5.38. The lowest BCUT2D eigenvalue weighted by atomic mass is 10.1. The van der Waals surface area contributed by atoms with Crippen LogP contribution in [-0.2, 0) is 10.0 Å². The number of benzene rings is 1. The van der Waals surface area contributed by atoms with Crippen LogP contribution in [0.5, 0.6) is 0 Å². The van der Waals surface area contributed by atoms with Gasteiger partial charge in [-0.2, -0.15) is 0 Å². The Labute approximate surface area is 147 Å². The highest BCUT2D eigenvalue weighted by Gasteiger charge is 2.16. The van der Waals surface area contributed by atoms with E-state index in [-0.39, 0.29) is 0 Å². The zero-order valence-corrected chi connectivity index (χ0v) is 15.1. The predicted molar refractivity (Wildman–Crippen MR) is 98.4 cm³/mol. The maximum Gasteiger partial charge on any atom is 0.271 e. The fraction of sp³-hybridized carbons (Fsp3) is 0.0625. The van der Waals surface area contributed by atoms with Gasteiger partial charge in [0.25, 0.3) is 10.0 Å². The SMILES string of the molecule is Cc1ccc(S(=O)(=O)Nc2ccc(-c3cn4ccsc4n3)cc2)s1. The van der Waals surface area contributed by atoms with Gasteiger partial charge in [0.15, 0.2) is 4.96 Å². The van der Waals surface area contributed by atoms with Crippen LogP contribution in [-0.4, -0.2) is 17.8 Å². The molecular formula is C16H13N3O2S3. The highest BCUT2D eigenvalue weighted by atomic mass is 32.2. The van der Waals surface area contributed by atoms with Gasteiger partial charge in [-0.15, -0.1) is 22.7 Å². The van der Waals surface area contributed by atoms with Crippen molar-refractivity contribution in [2.75, 3.05) is 4.72 Å². The van der Waals surface area contributed by atoms with Crippen LogP contribution in [0, 0.1) is 6.92 Å². The molecule has 0 unspecified atom stereocenters. The minimum atomic E-state index is -3.53. The molecule has 1 aromatic carbocycles. The topological polar surface area (TPSA) is 63.5 Å². The molecule has 1 N–H and O–H groups in total. The lowest BCUT2D eigenvalue weighted by Crippen LogP contribution is -2.11. The van der Waals surface area contributed by atoms with Crippen molar-refractivity contribution in [2.45, 2.75) is 11.1 Å². The van der Waals surface area contributed by atoms with Crippen molar-refractivity contribution in [3.8, 4) is 11.3 Å². The molecule has 0 spiro atoms. The number of sulfonamides is 1. The summed E-state index contributed by atoms with van der Waals surface area (Å²) in [5, 5.41) is 1.98. The average molecular weight is 376 g/mol. The van der Waals surface area contributed by atoms with E-state index in [1.807, 2.05) is 41.2 Å². The normalized spacial score (nSPS) is 11.9. The second-order valence-electron chi connectivity index (χ2n) is 5.27. The largest absolute Gasteiger partial charge is 0.297 e. The molecule has 4 aromatic rings. The number of fused-ring (bicyclic) bond motifs is 1. The number of aromatic nitrogens is 2. The minimum Gasteiger partial charge on any atom is -0.297 e. The van der Waals surface area contributed by atoms with Crippen molar-refractivity contribution in [3.63, 3.8) is 0 Å². The first kappa shape index (κ1) is 15.4. The molecule has 0 aliphatic heterocycles. The van der Waals surface area contributed by atoms with E-state index < -0.39 is 10.0 Å². The number of anilines is 1. The number of rotatable bonds is 4. The Morgan fingerprint density at radius 1 is 1.12 bits per heavy atom. The van der Waals surface area contributed by atoms with Gasteiger partial charge in [-0.3, -0.25) is 9.12 Å². The molecule has 0 saturated heterocycles. The molecule has 0 fully saturated rings. The first-order valence-electron chi connectivity index (χ1n) is 7.13. The Bertz CT molecular complexity index is 1080. The Hall–Kier alpha value is -2.16. The van der Waals surface area contributed by atoms with Crippen molar-refractivity contribution in [1.29, 1.82) is 0 Å². The molecule has 0 aliphatic rings. The first-order valence-corrected chi connectivity index (χ1v) is 10.3. The van der Waals surface area contributed by atoms with E-state index in [0.29, 0.717) is 9.90 Å². The third kappa shape index (κ3) is 2.83. The number of thiazole rings is 1. The molecule has 0 radical (unpaired) electrons. The summed E-state index contributed by atoms with van der Waals surface area (Å²) in [6, 6.07) is 10.6. The monoisotopic (exact) mass is 375 g/mol. The zero-order chi connectivity index (χ0) is 16.7. The van der Waals surface area contributed by atoms with Crippen molar-refractivity contribution in [3.05, 3.63) is 59.0 Å². The summed E-state index contributed by atoms with van der Waals surface area (Å²) >= 11 is 2.83. The summed E-state index contributed by atoms with van der Waals surface area (Å²) in [5.74, 6) is 0. The van der Waals surface area contributed by atoms with Crippen LogP contribution in [0.4, 0.5) is 5.69 Å². The highest BCUT2D eigenvalue weighted by Crippen LogP contribution is 2.26. The van der Waals surface area contributed by atoms with E-state index in [1.54, 1.807) is 35.6 Å². The van der Waals surface area contributed by atoms with Gasteiger partial charge in [-0.1, -0.05) is 12.1 Å². The number of hydrogen-bond acceptors (Lipinski definition) is 5. The van der Waals surface area contributed by atoms with E-state index in [4.69, 9.17) is 0 Å². The fourth-order valence-electron chi connectivity index (χ4n) is 2.34. The molecule has 24 heavy (non-hydrogen) atoms. The summed E-state index contributed by atoms with van der Waals surface area (Å²) in [4.78, 5) is 6.44. The standard InChI is InChI=1S/C16H13N3O2S3/c1-11-2-7-15(23-11)24(20,21)18-13-5-3-12(4-6-13)14-10-19-8-9-22-16(19)17-14/h2-10,18H,1H3. The van der Waals surface area contributed by atoms with Crippen LogP contribution in [0.15, 0.2) is 58.4 Å². The Kier molecular flexibility index (Phi) is 3.67. The molecular weight excluding hydrogens is 362 g/mol. The zero-order valence-electron chi connectivity index (χ0n) is 12.6. The molecule has 5 nitrogen and oxygen atoms in total. The maximum absolute atomic E-state index is 12.3. The minimum absolute atomic E-state index is 0.318. The maximum atomic E-state index is 12.3. The second kappa shape index (κ2) is 5.73. The molecule has 4 rings (SSSR count). The molecule has 122 valence electrons. The van der Waals surface area contributed by atoms with Gasteiger partial charge in [-0.05, 0) is 31.2 Å². The Balaban J connectivity index is 1.58. The van der Waals surface area contributed by atoms with Crippen LogP contribution in [0.25, 0.3) is 16.2 Å². The lowest BCUT2D eigenvalue weighted by molar-refractivity contribution is 0.603. The number of nitrogens with one attached hydrogen (secondary N) is 1. The van der Waals surface area contributed by atoms with Gasteiger partial charge < -0.3 is 0 Å². The van der Waals surface area contributed by atoms with Crippen LogP contribution in [0.3, 0.4) is 0 Å². The van der Waals surface area contributed by atoms with E-state index >= 15 is 0 Å². The number of aryl methyl sites for hydroxylation is 1. The van der Waals surface area contributed by atoms with E-state index in [1.165, 1.54) is 11.3 Å². The summed E-state index contributed by atoms with van der Waals surface area (Å²) in [6.45, 7) is 1.88. The molecule has 3 heterocycles. The smallest absolute Gasteiger partial charge is 0.271 e. The Morgan fingerprint density at radius 3 is 2.58 bits per heavy atom. The van der Waals surface area contributed by atoms with Gasteiger partial charge in [0.2, 0.25) is 0 Å². The second-order valence-corrected chi connectivity index (χ2v) is 9.34. The number of imidazole rings is 1. The van der Waals surface area contributed by atoms with Crippen molar-refractivity contribution >= 4 is 43.3 Å². The van der Waals surface area contributed by atoms with Gasteiger partial charge in [0.1, 0.15) is 4.21 Å². The molecule has 8 heteroatoms. The van der Waals surface area contributed by atoms with Gasteiger partial charge in [-0.25, -0.2) is 13.4 Å². The third-order valence-corrected chi connectivity index (χ3v) is 7.15. The summed E-state index contributed by atoms with van der Waals surface area (Å²) < 4.78 is 29.6. The van der Waals surface area contributed by atoms with E-state index in [2.05, 4.69) is 9.71 Å². The molecule has 0 atom stereocenters. The Morgan fingerprint density at radius 2 is 1.92 bits per heavy atom. The third-order valence-electron chi connectivity index (χ3n) is 3.51.